The lowest BCUT2D eigenvalue weighted by atomic mass is 9.78. The fourth-order valence-electron chi connectivity index (χ4n) is 3.85. The fraction of sp³-hybridized carbons (Fsp3) is 0.391. The van der Waals surface area contributed by atoms with Crippen LogP contribution in [0.2, 0.25) is 0 Å². The number of halogens is 3. The molecule has 1 nitrogen and oxygen atoms in total. The van der Waals surface area contributed by atoms with Crippen molar-refractivity contribution < 1.29 is 17.9 Å². The van der Waals surface area contributed by atoms with E-state index in [1.54, 1.807) is 19.1 Å². The van der Waals surface area contributed by atoms with Crippen LogP contribution < -0.4 is 4.74 Å². The second kappa shape index (κ2) is 9.12. The van der Waals surface area contributed by atoms with Crippen LogP contribution in [0.4, 0.5) is 13.2 Å². The van der Waals surface area contributed by atoms with Crippen molar-refractivity contribution in [1.29, 1.82) is 0 Å². The summed E-state index contributed by atoms with van der Waals surface area (Å²) >= 11 is 0. The average molecular weight is 374 g/mol. The summed E-state index contributed by atoms with van der Waals surface area (Å²) in [4.78, 5) is 0. The fourth-order valence-corrected chi connectivity index (χ4v) is 3.85. The summed E-state index contributed by atoms with van der Waals surface area (Å²) in [5, 5.41) is 0. The standard InChI is InChI=1S/C23H25F3O/c1-2-27-21-14-13-20(22(25)23(21)26)19-11-9-18(10-12-19)17-7-5-16(6-8-17)4-3-15-24/h3-4,9-14,16-17H,2,5-8,15H2,1H3/b4-3+. The zero-order chi connectivity index (χ0) is 19.2. The average Bonchev–Trinajstić information content (AvgIpc) is 2.71. The molecule has 0 amide bonds. The Morgan fingerprint density at radius 3 is 2.30 bits per heavy atom. The molecule has 0 bridgehead atoms. The Bertz CT molecular complexity index is 775. The van der Waals surface area contributed by atoms with Crippen molar-refractivity contribution in [2.75, 3.05) is 13.3 Å². The van der Waals surface area contributed by atoms with Crippen LogP contribution in [0.1, 0.15) is 44.1 Å². The second-order valence-corrected chi connectivity index (χ2v) is 6.99. The van der Waals surface area contributed by atoms with E-state index in [0.29, 0.717) is 17.4 Å². The number of ether oxygens (including phenoxy) is 1. The maximum Gasteiger partial charge on any atom is 0.201 e. The highest BCUT2D eigenvalue weighted by Gasteiger charge is 2.21. The first-order chi connectivity index (χ1) is 13.1. The number of rotatable bonds is 6. The largest absolute Gasteiger partial charge is 0.491 e. The van der Waals surface area contributed by atoms with E-state index in [-0.39, 0.29) is 17.9 Å². The van der Waals surface area contributed by atoms with Crippen molar-refractivity contribution in [3.63, 3.8) is 0 Å². The first-order valence-corrected chi connectivity index (χ1v) is 9.57. The number of alkyl halides is 1. The Labute approximate surface area is 158 Å². The van der Waals surface area contributed by atoms with Gasteiger partial charge in [0.25, 0.3) is 0 Å². The molecule has 0 N–H and O–H groups in total. The zero-order valence-corrected chi connectivity index (χ0v) is 15.6. The van der Waals surface area contributed by atoms with Crippen LogP contribution in [0, 0.1) is 17.6 Å². The quantitative estimate of drug-likeness (QED) is 0.504. The van der Waals surface area contributed by atoms with Crippen molar-refractivity contribution in [3.05, 3.63) is 65.7 Å². The topological polar surface area (TPSA) is 9.23 Å². The second-order valence-electron chi connectivity index (χ2n) is 6.99. The third-order valence-corrected chi connectivity index (χ3v) is 5.31. The molecule has 0 aliphatic heterocycles. The first kappa shape index (κ1) is 19.5. The van der Waals surface area contributed by atoms with Crippen LogP contribution in [0.3, 0.4) is 0 Å². The molecule has 0 radical (unpaired) electrons. The predicted octanol–water partition coefficient (Wildman–Crippen LogP) is 6.83. The summed E-state index contributed by atoms with van der Waals surface area (Å²) in [7, 11) is 0. The van der Waals surface area contributed by atoms with Gasteiger partial charge in [-0.1, -0.05) is 36.4 Å². The minimum atomic E-state index is -0.946. The van der Waals surface area contributed by atoms with E-state index in [0.717, 1.165) is 25.7 Å². The van der Waals surface area contributed by atoms with E-state index in [1.807, 2.05) is 30.3 Å². The van der Waals surface area contributed by atoms with Gasteiger partial charge in [0.1, 0.15) is 6.67 Å². The van der Waals surface area contributed by atoms with Gasteiger partial charge in [0, 0.05) is 5.56 Å². The molecule has 0 spiro atoms. The van der Waals surface area contributed by atoms with Gasteiger partial charge < -0.3 is 4.74 Å². The molecule has 144 valence electrons. The van der Waals surface area contributed by atoms with Gasteiger partial charge in [0.15, 0.2) is 11.6 Å². The van der Waals surface area contributed by atoms with Crippen molar-refractivity contribution >= 4 is 0 Å². The Morgan fingerprint density at radius 2 is 1.67 bits per heavy atom. The van der Waals surface area contributed by atoms with Crippen LogP contribution in [-0.2, 0) is 0 Å². The van der Waals surface area contributed by atoms with Crippen LogP contribution in [-0.4, -0.2) is 13.3 Å². The molecule has 1 aliphatic rings. The van der Waals surface area contributed by atoms with Crippen LogP contribution in [0.15, 0.2) is 48.6 Å². The molecule has 3 rings (SSSR count). The highest BCUT2D eigenvalue weighted by atomic mass is 19.2. The van der Waals surface area contributed by atoms with Crippen molar-refractivity contribution in [2.45, 2.75) is 38.5 Å². The molecule has 0 atom stereocenters. The summed E-state index contributed by atoms with van der Waals surface area (Å²) < 4.78 is 45.8. The minimum absolute atomic E-state index is 0.0612. The highest BCUT2D eigenvalue weighted by Crippen LogP contribution is 2.37. The van der Waals surface area contributed by atoms with Crippen LogP contribution >= 0.6 is 0 Å². The Balaban J connectivity index is 1.71. The Morgan fingerprint density at radius 1 is 0.963 bits per heavy atom. The molecule has 0 saturated heterocycles. The van der Waals surface area contributed by atoms with Crippen molar-refractivity contribution in [3.8, 4) is 16.9 Å². The molecular weight excluding hydrogens is 349 g/mol. The van der Waals surface area contributed by atoms with Crippen molar-refractivity contribution in [2.24, 2.45) is 5.92 Å². The van der Waals surface area contributed by atoms with E-state index >= 15 is 0 Å². The Hall–Kier alpha value is -2.23. The SMILES string of the molecule is CCOc1ccc(-c2ccc(C3CCC(/C=C/CF)CC3)cc2)c(F)c1F. The molecule has 0 heterocycles. The predicted molar refractivity (Wildman–Crippen MR) is 103 cm³/mol. The number of hydrogen-bond acceptors (Lipinski definition) is 1. The van der Waals surface area contributed by atoms with Gasteiger partial charge in [-0.3, -0.25) is 0 Å². The summed E-state index contributed by atoms with van der Waals surface area (Å²) in [5.41, 5.74) is 2.11. The molecule has 1 saturated carbocycles. The van der Waals surface area contributed by atoms with E-state index in [4.69, 9.17) is 4.74 Å². The lowest BCUT2D eigenvalue weighted by Crippen LogP contribution is -2.11. The molecule has 1 fully saturated rings. The number of allylic oxidation sites excluding steroid dienone is 2. The van der Waals surface area contributed by atoms with Gasteiger partial charge in [0.05, 0.1) is 6.61 Å². The number of benzene rings is 2. The van der Waals surface area contributed by atoms with Crippen molar-refractivity contribution in [1.82, 2.24) is 0 Å². The van der Waals surface area contributed by atoms with E-state index in [2.05, 4.69) is 0 Å². The van der Waals surface area contributed by atoms with Gasteiger partial charge in [-0.2, -0.15) is 4.39 Å². The summed E-state index contributed by atoms with van der Waals surface area (Å²) in [6.07, 6.45) is 7.83. The van der Waals surface area contributed by atoms with Gasteiger partial charge >= 0.3 is 0 Å². The lowest BCUT2D eigenvalue weighted by molar-refractivity contribution is 0.314. The maximum absolute atomic E-state index is 14.4. The highest BCUT2D eigenvalue weighted by molar-refractivity contribution is 5.65. The molecular formula is C23H25F3O. The van der Waals surface area contributed by atoms with Gasteiger partial charge in [-0.25, -0.2) is 8.78 Å². The summed E-state index contributed by atoms with van der Waals surface area (Å²) in [6.45, 7) is 1.62. The van der Waals surface area contributed by atoms with Gasteiger partial charge in [0.2, 0.25) is 5.82 Å². The lowest BCUT2D eigenvalue weighted by Gasteiger charge is -2.27. The maximum atomic E-state index is 14.4. The molecule has 1 aliphatic carbocycles. The molecule has 4 heteroatoms. The summed E-state index contributed by atoms with van der Waals surface area (Å²) in [5.74, 6) is -0.950. The third kappa shape index (κ3) is 4.55. The van der Waals surface area contributed by atoms with E-state index in [1.165, 1.54) is 11.6 Å². The van der Waals surface area contributed by atoms with E-state index in [9.17, 15) is 13.2 Å². The van der Waals surface area contributed by atoms with Crippen LogP contribution in [0.5, 0.6) is 5.75 Å². The Kier molecular flexibility index (Phi) is 6.59. The van der Waals surface area contributed by atoms with Crippen LogP contribution in [0.25, 0.3) is 11.1 Å². The smallest absolute Gasteiger partial charge is 0.201 e. The molecule has 0 aromatic heterocycles. The molecule has 0 unspecified atom stereocenters. The zero-order valence-electron chi connectivity index (χ0n) is 15.6. The number of hydrogen-bond donors (Lipinski definition) is 0. The third-order valence-electron chi connectivity index (χ3n) is 5.31. The van der Waals surface area contributed by atoms with E-state index < -0.39 is 18.3 Å². The van der Waals surface area contributed by atoms with Gasteiger partial charge in [-0.15, -0.1) is 0 Å². The normalized spacial score (nSPS) is 20.1. The molecule has 27 heavy (non-hydrogen) atoms. The van der Waals surface area contributed by atoms with Gasteiger partial charge in [-0.05, 0) is 67.7 Å². The molecule has 2 aromatic carbocycles. The molecule has 2 aromatic rings. The minimum Gasteiger partial charge on any atom is -0.491 e. The monoisotopic (exact) mass is 374 g/mol. The first-order valence-electron chi connectivity index (χ1n) is 9.57. The summed E-state index contributed by atoms with van der Waals surface area (Å²) in [6, 6.07) is 10.7.